The Morgan fingerprint density at radius 2 is 1.82 bits per heavy atom. The molecule has 0 aliphatic carbocycles. The Kier molecular flexibility index (Phi) is 8.78. The van der Waals surface area contributed by atoms with E-state index in [0.29, 0.717) is 35.0 Å². The third-order valence-corrected chi connectivity index (χ3v) is 6.63. The zero-order chi connectivity index (χ0) is 26.9. The molecule has 4 rings (SSSR count). The molecule has 2 aromatic carbocycles. The predicted molar refractivity (Wildman–Crippen MR) is 145 cm³/mol. The summed E-state index contributed by atoms with van der Waals surface area (Å²) >= 11 is 1.36. The number of carbonyl (C=O) groups is 3. The Hall–Kier alpha value is -4.57. The standard InChI is InChI=1S/C28H26N4O5S/c1-3-24(28(35)31-25-15-18(2)37-32-25)38-22-13-7-11-20(16-22)29-27(34)23(17-21-12-8-14-36-21)30-26(33)19-9-5-4-6-10-19/h4-17,24H,3H2,1-2H3,(H,29,34)(H,30,33)(H,31,32,35)/b23-17-. The van der Waals surface area contributed by atoms with Crippen molar-refractivity contribution in [3.63, 3.8) is 0 Å². The lowest BCUT2D eigenvalue weighted by Crippen LogP contribution is -2.30. The summed E-state index contributed by atoms with van der Waals surface area (Å²) in [6.45, 7) is 3.66. The third-order valence-electron chi connectivity index (χ3n) is 5.27. The number of amides is 3. The number of carbonyl (C=O) groups excluding carboxylic acids is 3. The molecule has 0 bridgehead atoms. The second-order valence-corrected chi connectivity index (χ2v) is 9.48. The molecule has 0 fully saturated rings. The van der Waals surface area contributed by atoms with Gasteiger partial charge < -0.3 is 24.9 Å². The van der Waals surface area contributed by atoms with Crippen LogP contribution in [0.25, 0.3) is 6.08 Å². The van der Waals surface area contributed by atoms with E-state index in [1.54, 1.807) is 73.7 Å². The maximum atomic E-state index is 13.2. The van der Waals surface area contributed by atoms with Gasteiger partial charge in [-0.15, -0.1) is 11.8 Å². The van der Waals surface area contributed by atoms with E-state index < -0.39 is 17.1 Å². The first-order valence-electron chi connectivity index (χ1n) is 11.8. The molecule has 38 heavy (non-hydrogen) atoms. The fourth-order valence-electron chi connectivity index (χ4n) is 3.42. The van der Waals surface area contributed by atoms with Gasteiger partial charge in [-0.2, -0.15) is 0 Å². The zero-order valence-electron chi connectivity index (χ0n) is 20.8. The summed E-state index contributed by atoms with van der Waals surface area (Å²) < 4.78 is 10.3. The van der Waals surface area contributed by atoms with E-state index in [1.165, 1.54) is 24.1 Å². The number of rotatable bonds is 10. The van der Waals surface area contributed by atoms with E-state index >= 15 is 0 Å². The SMILES string of the molecule is CCC(Sc1cccc(NC(=O)/C(=C/c2ccco2)NC(=O)c2ccccc2)c1)C(=O)Nc1cc(C)on1. The van der Waals surface area contributed by atoms with Gasteiger partial charge in [-0.05, 0) is 55.8 Å². The molecule has 0 aliphatic rings. The molecule has 0 saturated heterocycles. The molecular formula is C28H26N4O5S. The molecular weight excluding hydrogens is 504 g/mol. The summed E-state index contributed by atoms with van der Waals surface area (Å²) in [4.78, 5) is 39.4. The smallest absolute Gasteiger partial charge is 0.272 e. The zero-order valence-corrected chi connectivity index (χ0v) is 21.6. The summed E-state index contributed by atoms with van der Waals surface area (Å²) in [5.41, 5.74) is 0.927. The van der Waals surface area contributed by atoms with Crippen LogP contribution in [0.5, 0.6) is 0 Å². The Morgan fingerprint density at radius 1 is 1.00 bits per heavy atom. The molecule has 0 spiro atoms. The van der Waals surface area contributed by atoms with Crippen LogP contribution in [0.2, 0.25) is 0 Å². The molecule has 10 heteroatoms. The van der Waals surface area contributed by atoms with Crippen LogP contribution in [0, 0.1) is 6.92 Å². The minimum Gasteiger partial charge on any atom is -0.465 e. The summed E-state index contributed by atoms with van der Waals surface area (Å²) in [6.07, 6.45) is 3.51. The Balaban J connectivity index is 1.46. The molecule has 9 nitrogen and oxygen atoms in total. The van der Waals surface area contributed by atoms with Crippen molar-refractivity contribution in [1.29, 1.82) is 0 Å². The molecule has 2 heterocycles. The number of benzene rings is 2. The number of aryl methyl sites for hydroxylation is 1. The molecule has 1 atom stereocenters. The summed E-state index contributed by atoms with van der Waals surface area (Å²) in [6, 6.07) is 20.7. The van der Waals surface area contributed by atoms with Gasteiger partial charge in [0.15, 0.2) is 5.82 Å². The number of nitrogens with one attached hydrogen (secondary N) is 3. The van der Waals surface area contributed by atoms with Gasteiger partial charge in [-0.3, -0.25) is 14.4 Å². The van der Waals surface area contributed by atoms with E-state index in [0.717, 1.165) is 4.90 Å². The van der Waals surface area contributed by atoms with Crippen molar-refractivity contribution in [2.45, 2.75) is 30.4 Å². The van der Waals surface area contributed by atoms with Crippen molar-refractivity contribution in [1.82, 2.24) is 10.5 Å². The third kappa shape index (κ3) is 7.23. The minimum absolute atomic E-state index is 0.0144. The van der Waals surface area contributed by atoms with Gasteiger partial charge in [0.25, 0.3) is 11.8 Å². The second kappa shape index (κ2) is 12.6. The van der Waals surface area contributed by atoms with Crippen LogP contribution in [0.3, 0.4) is 0 Å². The molecule has 2 aromatic heterocycles. The molecule has 4 aromatic rings. The Morgan fingerprint density at radius 3 is 2.50 bits per heavy atom. The lowest BCUT2D eigenvalue weighted by molar-refractivity contribution is -0.116. The highest BCUT2D eigenvalue weighted by molar-refractivity contribution is 8.00. The van der Waals surface area contributed by atoms with Crippen molar-refractivity contribution < 1.29 is 23.3 Å². The average Bonchev–Trinajstić information content (AvgIpc) is 3.59. The van der Waals surface area contributed by atoms with E-state index in [9.17, 15) is 14.4 Å². The monoisotopic (exact) mass is 530 g/mol. The topological polar surface area (TPSA) is 126 Å². The Bertz CT molecular complexity index is 1430. The first-order chi connectivity index (χ1) is 18.4. The van der Waals surface area contributed by atoms with Crippen molar-refractivity contribution >= 4 is 47.1 Å². The molecule has 3 N–H and O–H groups in total. The van der Waals surface area contributed by atoms with Crippen LogP contribution in [-0.4, -0.2) is 28.1 Å². The number of hydrogen-bond donors (Lipinski definition) is 3. The van der Waals surface area contributed by atoms with E-state index in [4.69, 9.17) is 8.94 Å². The Labute approximate surface area is 223 Å². The quantitative estimate of drug-likeness (QED) is 0.183. The minimum atomic E-state index is -0.529. The van der Waals surface area contributed by atoms with Crippen LogP contribution in [0.1, 0.15) is 35.2 Å². The molecule has 3 amide bonds. The number of furan rings is 1. The normalized spacial score (nSPS) is 12.0. The van der Waals surface area contributed by atoms with Crippen LogP contribution >= 0.6 is 11.8 Å². The first kappa shape index (κ1) is 26.5. The maximum Gasteiger partial charge on any atom is 0.272 e. The highest BCUT2D eigenvalue weighted by atomic mass is 32.2. The van der Waals surface area contributed by atoms with Crippen LogP contribution in [0.4, 0.5) is 11.5 Å². The molecule has 0 saturated carbocycles. The predicted octanol–water partition coefficient (Wildman–Crippen LogP) is 5.50. The van der Waals surface area contributed by atoms with Gasteiger partial charge in [-0.1, -0.05) is 36.3 Å². The number of anilines is 2. The van der Waals surface area contributed by atoms with Gasteiger partial charge >= 0.3 is 0 Å². The number of thioether (sulfide) groups is 1. The summed E-state index contributed by atoms with van der Waals surface area (Å²) in [5, 5.41) is 11.7. The fraction of sp³-hybridized carbons (Fsp3) is 0.143. The van der Waals surface area contributed by atoms with Crippen LogP contribution < -0.4 is 16.0 Å². The highest BCUT2D eigenvalue weighted by Gasteiger charge is 2.20. The van der Waals surface area contributed by atoms with Crippen LogP contribution in [-0.2, 0) is 9.59 Å². The molecule has 194 valence electrons. The first-order valence-corrected chi connectivity index (χ1v) is 12.7. The fourth-order valence-corrected chi connectivity index (χ4v) is 4.44. The van der Waals surface area contributed by atoms with Crippen molar-refractivity contribution in [2.75, 3.05) is 10.6 Å². The molecule has 0 aliphatic heterocycles. The average molecular weight is 531 g/mol. The number of nitrogens with zero attached hydrogens (tertiary/aromatic N) is 1. The summed E-state index contributed by atoms with van der Waals surface area (Å²) in [7, 11) is 0. The van der Waals surface area contributed by atoms with Crippen molar-refractivity contribution in [2.24, 2.45) is 0 Å². The lowest BCUT2D eigenvalue weighted by Gasteiger charge is -2.15. The highest BCUT2D eigenvalue weighted by Crippen LogP contribution is 2.28. The van der Waals surface area contributed by atoms with Crippen molar-refractivity contribution in [3.8, 4) is 0 Å². The van der Waals surface area contributed by atoms with Gasteiger partial charge in [0.2, 0.25) is 5.91 Å². The second-order valence-electron chi connectivity index (χ2n) is 8.20. The largest absolute Gasteiger partial charge is 0.465 e. The molecule has 0 radical (unpaired) electrons. The number of hydrogen-bond acceptors (Lipinski definition) is 7. The number of aromatic nitrogens is 1. The van der Waals surface area contributed by atoms with Gasteiger partial charge in [0, 0.05) is 28.3 Å². The van der Waals surface area contributed by atoms with Crippen LogP contribution in [0.15, 0.2) is 98.6 Å². The summed E-state index contributed by atoms with van der Waals surface area (Å²) in [5.74, 6) is 0.214. The van der Waals surface area contributed by atoms with E-state index in [-0.39, 0.29) is 11.6 Å². The van der Waals surface area contributed by atoms with Gasteiger partial charge in [0.05, 0.1) is 11.5 Å². The van der Waals surface area contributed by atoms with Gasteiger partial charge in [-0.25, -0.2) is 0 Å². The van der Waals surface area contributed by atoms with E-state index in [2.05, 4.69) is 21.1 Å². The molecule has 1 unspecified atom stereocenters. The van der Waals surface area contributed by atoms with E-state index in [1.807, 2.05) is 13.0 Å². The maximum absolute atomic E-state index is 13.2. The van der Waals surface area contributed by atoms with Crippen molar-refractivity contribution in [3.05, 3.63) is 102 Å². The van der Waals surface area contributed by atoms with Gasteiger partial charge in [0.1, 0.15) is 17.2 Å². The lowest BCUT2D eigenvalue weighted by atomic mass is 10.2.